The van der Waals surface area contributed by atoms with Gasteiger partial charge in [-0.1, -0.05) is 6.92 Å². The van der Waals surface area contributed by atoms with Gasteiger partial charge in [0.15, 0.2) is 0 Å². The van der Waals surface area contributed by atoms with Crippen LogP contribution in [0.2, 0.25) is 0 Å². The number of nitrogens with one attached hydrogen (secondary N) is 1. The highest BCUT2D eigenvalue weighted by molar-refractivity contribution is 5.82. The summed E-state index contributed by atoms with van der Waals surface area (Å²) in [5.74, 6) is -0.744. The number of urea groups is 1. The number of amides is 2. The molecule has 1 rings (SSSR count). The molecule has 0 bridgehead atoms. The number of carbonyl (C=O) groups excluding carboxylic acids is 1. The van der Waals surface area contributed by atoms with Crippen molar-refractivity contribution in [2.75, 3.05) is 19.7 Å². The van der Waals surface area contributed by atoms with Crippen molar-refractivity contribution in [2.45, 2.75) is 32.2 Å². The Bertz CT molecular complexity index is 275. The number of carboxylic acids is 1. The van der Waals surface area contributed by atoms with Crippen LogP contribution in [0.1, 0.15) is 26.2 Å². The number of rotatable bonds is 4. The maximum absolute atomic E-state index is 11.8. The van der Waals surface area contributed by atoms with E-state index in [4.69, 9.17) is 10.2 Å². The molecule has 0 aromatic heterocycles. The number of hydrogen-bond acceptors (Lipinski definition) is 3. The van der Waals surface area contributed by atoms with Crippen LogP contribution in [0.5, 0.6) is 0 Å². The number of aliphatic carboxylic acids is 1. The Balaban J connectivity index is 2.41. The van der Waals surface area contributed by atoms with Crippen molar-refractivity contribution in [1.29, 1.82) is 0 Å². The normalized spacial score (nSPS) is 18.8. The van der Waals surface area contributed by atoms with Gasteiger partial charge in [-0.05, 0) is 25.2 Å². The summed E-state index contributed by atoms with van der Waals surface area (Å²) in [5.41, 5.74) is 0. The van der Waals surface area contributed by atoms with Crippen LogP contribution in [0.3, 0.4) is 0 Å². The van der Waals surface area contributed by atoms with Gasteiger partial charge in [0.1, 0.15) is 6.04 Å². The third-order valence-electron chi connectivity index (χ3n) is 3.16. The van der Waals surface area contributed by atoms with E-state index in [-0.39, 0.29) is 18.6 Å². The predicted molar refractivity (Wildman–Crippen MR) is 61.6 cm³/mol. The highest BCUT2D eigenvalue weighted by Gasteiger charge is 2.25. The second kappa shape index (κ2) is 6.44. The molecule has 3 N–H and O–H groups in total. The topological polar surface area (TPSA) is 89.9 Å². The van der Waals surface area contributed by atoms with Gasteiger partial charge in [0, 0.05) is 19.7 Å². The largest absolute Gasteiger partial charge is 0.480 e. The minimum absolute atomic E-state index is 0.155. The van der Waals surface area contributed by atoms with Gasteiger partial charge < -0.3 is 20.4 Å². The molecule has 0 aromatic rings. The van der Waals surface area contributed by atoms with E-state index in [9.17, 15) is 9.59 Å². The molecule has 98 valence electrons. The third kappa shape index (κ3) is 3.89. The molecule has 1 saturated heterocycles. The number of piperidine rings is 1. The molecule has 0 aliphatic carbocycles. The van der Waals surface area contributed by atoms with Gasteiger partial charge in [-0.15, -0.1) is 0 Å². The molecule has 0 radical (unpaired) electrons. The summed E-state index contributed by atoms with van der Waals surface area (Å²) in [4.78, 5) is 24.1. The summed E-state index contributed by atoms with van der Waals surface area (Å²) in [7, 11) is 0. The molecule has 0 saturated carbocycles. The fourth-order valence-electron chi connectivity index (χ4n) is 1.90. The molecular weight excluding hydrogens is 224 g/mol. The zero-order valence-electron chi connectivity index (χ0n) is 10.1. The zero-order valence-corrected chi connectivity index (χ0v) is 10.1. The number of likely N-dealkylation sites (tertiary alicyclic amines) is 1. The smallest absolute Gasteiger partial charge is 0.326 e. The summed E-state index contributed by atoms with van der Waals surface area (Å²) in [6.45, 7) is 3.03. The molecule has 2 amide bonds. The van der Waals surface area contributed by atoms with Gasteiger partial charge in [0.2, 0.25) is 0 Å². The minimum Gasteiger partial charge on any atom is -0.480 e. The van der Waals surface area contributed by atoms with Crippen LogP contribution in [0.15, 0.2) is 0 Å². The second-order valence-corrected chi connectivity index (χ2v) is 4.36. The molecule has 1 atom stereocenters. The van der Waals surface area contributed by atoms with Crippen molar-refractivity contribution in [2.24, 2.45) is 5.92 Å². The van der Waals surface area contributed by atoms with E-state index in [1.165, 1.54) is 0 Å². The Morgan fingerprint density at radius 3 is 2.41 bits per heavy atom. The highest BCUT2D eigenvalue weighted by atomic mass is 16.4. The first kappa shape index (κ1) is 13.8. The van der Waals surface area contributed by atoms with E-state index < -0.39 is 12.0 Å². The number of nitrogens with zero attached hydrogens (tertiary/aromatic N) is 1. The van der Waals surface area contributed by atoms with Crippen molar-refractivity contribution in [3.05, 3.63) is 0 Å². The maximum Gasteiger partial charge on any atom is 0.326 e. The third-order valence-corrected chi connectivity index (χ3v) is 3.16. The van der Waals surface area contributed by atoms with Gasteiger partial charge in [-0.3, -0.25) is 0 Å². The fourth-order valence-corrected chi connectivity index (χ4v) is 1.90. The first-order chi connectivity index (χ1) is 8.08. The van der Waals surface area contributed by atoms with Crippen LogP contribution < -0.4 is 5.32 Å². The molecule has 0 aromatic carbocycles. The lowest BCUT2D eigenvalue weighted by atomic mass is 9.98. The number of carbonyl (C=O) groups is 2. The molecule has 1 aliphatic rings. The first-order valence-corrected chi connectivity index (χ1v) is 5.97. The van der Waals surface area contributed by atoms with Gasteiger partial charge >= 0.3 is 12.0 Å². The predicted octanol–water partition coefficient (Wildman–Crippen LogP) is 0.263. The van der Waals surface area contributed by atoms with Crippen LogP contribution in [-0.4, -0.2) is 52.9 Å². The van der Waals surface area contributed by atoms with Gasteiger partial charge in [0.05, 0.1) is 0 Å². The average Bonchev–Trinajstić information content (AvgIpc) is 2.35. The molecule has 17 heavy (non-hydrogen) atoms. The first-order valence-electron chi connectivity index (χ1n) is 5.97. The second-order valence-electron chi connectivity index (χ2n) is 4.36. The molecule has 6 heteroatoms. The Hall–Kier alpha value is -1.30. The summed E-state index contributed by atoms with van der Waals surface area (Å²) in [6.07, 6.45) is 1.91. The quantitative estimate of drug-likeness (QED) is 0.662. The van der Waals surface area contributed by atoms with Crippen molar-refractivity contribution in [1.82, 2.24) is 10.2 Å². The summed E-state index contributed by atoms with van der Waals surface area (Å²) >= 11 is 0. The molecular formula is C11H20N2O4. The van der Waals surface area contributed by atoms with E-state index in [2.05, 4.69) is 5.32 Å². The summed E-state index contributed by atoms with van der Waals surface area (Å²) in [6, 6.07) is -1.14. The zero-order chi connectivity index (χ0) is 12.8. The van der Waals surface area contributed by atoms with Crippen molar-refractivity contribution < 1.29 is 19.8 Å². The Morgan fingerprint density at radius 1 is 1.41 bits per heavy atom. The average molecular weight is 244 g/mol. The SMILES string of the molecule is CC[C@H](NC(=O)N1CCC(CO)CC1)C(=O)O. The highest BCUT2D eigenvalue weighted by Crippen LogP contribution is 2.16. The van der Waals surface area contributed by atoms with Crippen LogP contribution in [0.4, 0.5) is 4.79 Å². The van der Waals surface area contributed by atoms with E-state index in [0.29, 0.717) is 19.5 Å². The van der Waals surface area contributed by atoms with Crippen LogP contribution >= 0.6 is 0 Å². The van der Waals surface area contributed by atoms with Crippen LogP contribution in [-0.2, 0) is 4.79 Å². The molecule has 0 unspecified atom stereocenters. The number of aliphatic hydroxyl groups is 1. The van der Waals surface area contributed by atoms with Crippen molar-refractivity contribution in [3.8, 4) is 0 Å². The minimum atomic E-state index is -1.01. The van der Waals surface area contributed by atoms with Gasteiger partial charge in [0.25, 0.3) is 0 Å². The fraction of sp³-hybridized carbons (Fsp3) is 0.818. The Labute approximate surface area is 101 Å². The summed E-state index contributed by atoms with van der Waals surface area (Å²) in [5, 5.41) is 20.3. The van der Waals surface area contributed by atoms with Gasteiger partial charge in [-0.25, -0.2) is 9.59 Å². The molecule has 1 aliphatic heterocycles. The number of hydrogen-bond donors (Lipinski definition) is 3. The standard InChI is InChI=1S/C11H20N2O4/c1-2-9(10(15)16)12-11(17)13-5-3-8(7-14)4-6-13/h8-9,14H,2-7H2,1H3,(H,12,17)(H,15,16)/t9-/m0/s1. The van der Waals surface area contributed by atoms with Crippen LogP contribution in [0.25, 0.3) is 0 Å². The number of aliphatic hydroxyl groups excluding tert-OH is 1. The van der Waals surface area contributed by atoms with E-state index in [0.717, 1.165) is 12.8 Å². The van der Waals surface area contributed by atoms with E-state index >= 15 is 0 Å². The van der Waals surface area contributed by atoms with Crippen LogP contribution in [0, 0.1) is 5.92 Å². The maximum atomic E-state index is 11.8. The lowest BCUT2D eigenvalue weighted by molar-refractivity contribution is -0.139. The molecule has 1 fully saturated rings. The van der Waals surface area contributed by atoms with E-state index in [1.807, 2.05) is 0 Å². The monoisotopic (exact) mass is 244 g/mol. The lowest BCUT2D eigenvalue weighted by Crippen LogP contribution is -2.50. The van der Waals surface area contributed by atoms with Crippen molar-refractivity contribution >= 4 is 12.0 Å². The molecule has 1 heterocycles. The number of carboxylic acid groups (broad SMARTS) is 1. The summed E-state index contributed by atoms with van der Waals surface area (Å²) < 4.78 is 0. The molecule has 6 nitrogen and oxygen atoms in total. The Morgan fingerprint density at radius 2 is 2.00 bits per heavy atom. The van der Waals surface area contributed by atoms with E-state index in [1.54, 1.807) is 11.8 Å². The lowest BCUT2D eigenvalue weighted by Gasteiger charge is -2.31. The van der Waals surface area contributed by atoms with Crippen molar-refractivity contribution in [3.63, 3.8) is 0 Å². The molecule has 0 spiro atoms. The van der Waals surface area contributed by atoms with Gasteiger partial charge in [-0.2, -0.15) is 0 Å². The Kier molecular flexibility index (Phi) is 5.21.